The molecule has 1 rings (SSSR count). The van der Waals surface area contributed by atoms with Crippen molar-refractivity contribution in [3.05, 3.63) is 18.0 Å². The summed E-state index contributed by atoms with van der Waals surface area (Å²) in [5.41, 5.74) is 2.86. The number of carbonyl (C=O) groups excluding carboxylic acids is 1. The van der Waals surface area contributed by atoms with Gasteiger partial charge in [-0.3, -0.25) is 0 Å². The van der Waals surface area contributed by atoms with Gasteiger partial charge in [0.1, 0.15) is 0 Å². The van der Waals surface area contributed by atoms with E-state index in [0.717, 1.165) is 0 Å². The quantitative estimate of drug-likeness (QED) is 0.358. The molecule has 0 aromatic carbocycles. The molecule has 1 N–H and O–H groups in total. The van der Waals surface area contributed by atoms with Crippen molar-refractivity contribution in [3.63, 3.8) is 0 Å². The highest BCUT2D eigenvalue weighted by molar-refractivity contribution is 7.98. The van der Waals surface area contributed by atoms with Crippen molar-refractivity contribution < 1.29 is 9.53 Å². The van der Waals surface area contributed by atoms with Crippen LogP contribution in [-0.2, 0) is 4.74 Å². The van der Waals surface area contributed by atoms with Crippen LogP contribution in [0.5, 0.6) is 0 Å². The van der Waals surface area contributed by atoms with E-state index in [1.807, 2.05) is 6.26 Å². The molecule has 1 aromatic heterocycles. The molecule has 0 unspecified atom stereocenters. The second kappa shape index (κ2) is 5.97. The summed E-state index contributed by atoms with van der Waals surface area (Å²) in [7, 11) is 1.27. The molecule has 0 saturated carbocycles. The minimum absolute atomic E-state index is 0.618. The van der Waals surface area contributed by atoms with Gasteiger partial charge in [-0.2, -0.15) is 5.10 Å². The van der Waals surface area contributed by atoms with Gasteiger partial charge in [-0.15, -0.1) is 0 Å². The van der Waals surface area contributed by atoms with Crippen LogP contribution < -0.4 is 5.43 Å². The molecular weight excluding hydrogens is 216 g/mol. The van der Waals surface area contributed by atoms with Gasteiger partial charge in [0.05, 0.1) is 13.3 Å². The third kappa shape index (κ3) is 3.94. The van der Waals surface area contributed by atoms with Crippen LogP contribution in [0, 0.1) is 0 Å². The summed E-state index contributed by atoms with van der Waals surface area (Å²) >= 11 is 1.45. The highest BCUT2D eigenvalue weighted by atomic mass is 32.2. The van der Waals surface area contributed by atoms with Gasteiger partial charge in [0.25, 0.3) is 0 Å². The zero-order valence-corrected chi connectivity index (χ0v) is 9.11. The Kier molecular flexibility index (Phi) is 4.55. The Hall–Kier alpha value is -1.63. The van der Waals surface area contributed by atoms with Crippen LogP contribution in [-0.4, -0.2) is 35.6 Å². The number of nitrogens with one attached hydrogen (secondary N) is 1. The number of hydrogen-bond donors (Lipinski definition) is 1. The lowest BCUT2D eigenvalue weighted by Gasteiger charge is -1.96. The van der Waals surface area contributed by atoms with E-state index in [1.165, 1.54) is 25.1 Å². The Bertz CT molecular complexity index is 352. The summed E-state index contributed by atoms with van der Waals surface area (Å²) < 4.78 is 4.33. The first-order valence-corrected chi connectivity index (χ1v) is 5.22. The molecule has 0 aliphatic rings. The van der Waals surface area contributed by atoms with Crippen molar-refractivity contribution in [1.29, 1.82) is 0 Å². The molecular formula is C8H10N4O2S. The van der Waals surface area contributed by atoms with E-state index in [0.29, 0.717) is 10.7 Å². The number of rotatable bonds is 3. The topological polar surface area (TPSA) is 76.5 Å². The Morgan fingerprint density at radius 1 is 1.60 bits per heavy atom. The minimum Gasteiger partial charge on any atom is -0.452 e. The van der Waals surface area contributed by atoms with Gasteiger partial charge in [0.15, 0.2) is 5.16 Å². The SMILES string of the molecule is COC(=O)NN=Cc1cnc(SC)nc1. The van der Waals surface area contributed by atoms with Gasteiger partial charge in [-0.25, -0.2) is 20.2 Å². The summed E-state index contributed by atoms with van der Waals surface area (Å²) in [6.45, 7) is 0. The van der Waals surface area contributed by atoms with E-state index in [1.54, 1.807) is 12.4 Å². The van der Waals surface area contributed by atoms with Crippen LogP contribution in [0.15, 0.2) is 22.7 Å². The number of nitrogens with zero attached hydrogens (tertiary/aromatic N) is 3. The second-order valence-electron chi connectivity index (χ2n) is 2.36. The third-order valence-corrected chi connectivity index (χ3v) is 1.96. The smallest absolute Gasteiger partial charge is 0.427 e. The number of hydrazone groups is 1. The number of methoxy groups -OCH3 is 1. The Morgan fingerprint density at radius 2 is 2.27 bits per heavy atom. The predicted molar refractivity (Wildman–Crippen MR) is 56.9 cm³/mol. The molecule has 6 nitrogen and oxygen atoms in total. The second-order valence-corrected chi connectivity index (χ2v) is 3.14. The molecule has 0 atom stereocenters. The lowest BCUT2D eigenvalue weighted by Crippen LogP contribution is -2.16. The van der Waals surface area contributed by atoms with Crippen molar-refractivity contribution in [1.82, 2.24) is 15.4 Å². The summed E-state index contributed by atoms with van der Waals surface area (Å²) in [6.07, 6.45) is 5.93. The number of carbonyl (C=O) groups is 1. The van der Waals surface area contributed by atoms with Crippen LogP contribution in [0.4, 0.5) is 4.79 Å². The zero-order chi connectivity index (χ0) is 11.1. The summed E-state index contributed by atoms with van der Waals surface area (Å²) in [5, 5.41) is 4.32. The van der Waals surface area contributed by atoms with E-state index in [2.05, 4.69) is 25.2 Å². The maximum absolute atomic E-state index is 10.6. The van der Waals surface area contributed by atoms with Gasteiger partial charge in [-0.1, -0.05) is 11.8 Å². The fourth-order valence-electron chi connectivity index (χ4n) is 0.703. The average molecular weight is 226 g/mol. The summed E-state index contributed by atoms with van der Waals surface area (Å²) in [5.74, 6) is 0. The van der Waals surface area contributed by atoms with Crippen LogP contribution >= 0.6 is 11.8 Å². The molecule has 1 aromatic rings. The fraction of sp³-hybridized carbons (Fsp3) is 0.250. The first-order valence-electron chi connectivity index (χ1n) is 3.99. The van der Waals surface area contributed by atoms with Gasteiger partial charge in [-0.05, 0) is 6.26 Å². The molecule has 7 heteroatoms. The first kappa shape index (κ1) is 11.4. The molecule has 0 spiro atoms. The normalized spacial score (nSPS) is 10.3. The number of aromatic nitrogens is 2. The van der Waals surface area contributed by atoms with Crippen LogP contribution in [0.2, 0.25) is 0 Å². The maximum Gasteiger partial charge on any atom is 0.427 e. The highest BCUT2D eigenvalue weighted by Crippen LogP contribution is 2.05. The lowest BCUT2D eigenvalue weighted by molar-refractivity contribution is 0.171. The van der Waals surface area contributed by atoms with E-state index in [9.17, 15) is 4.79 Å². The Labute approximate surface area is 91.1 Å². The average Bonchev–Trinajstić information content (AvgIpc) is 2.29. The third-order valence-electron chi connectivity index (χ3n) is 1.39. The van der Waals surface area contributed by atoms with E-state index in [-0.39, 0.29) is 0 Å². The molecule has 0 fully saturated rings. The number of hydrogen-bond acceptors (Lipinski definition) is 6. The van der Waals surface area contributed by atoms with Crippen molar-refractivity contribution >= 4 is 24.1 Å². The summed E-state index contributed by atoms with van der Waals surface area (Å²) in [4.78, 5) is 18.7. The lowest BCUT2D eigenvalue weighted by atomic mass is 10.4. The molecule has 15 heavy (non-hydrogen) atoms. The van der Waals surface area contributed by atoms with E-state index < -0.39 is 6.09 Å². The number of amides is 1. The number of ether oxygens (including phenoxy) is 1. The minimum atomic E-state index is -0.618. The predicted octanol–water partition coefficient (Wildman–Crippen LogP) is 0.888. The number of thioether (sulfide) groups is 1. The highest BCUT2D eigenvalue weighted by Gasteiger charge is 1.95. The molecule has 0 aliphatic carbocycles. The zero-order valence-electron chi connectivity index (χ0n) is 8.30. The van der Waals surface area contributed by atoms with Crippen molar-refractivity contribution in [2.45, 2.75) is 5.16 Å². The molecule has 1 heterocycles. The monoisotopic (exact) mass is 226 g/mol. The maximum atomic E-state index is 10.6. The molecule has 0 saturated heterocycles. The van der Waals surface area contributed by atoms with Crippen molar-refractivity contribution in [2.24, 2.45) is 5.10 Å². The van der Waals surface area contributed by atoms with Gasteiger partial charge in [0.2, 0.25) is 0 Å². The van der Waals surface area contributed by atoms with Gasteiger partial charge in [0, 0.05) is 18.0 Å². The van der Waals surface area contributed by atoms with Crippen molar-refractivity contribution in [2.75, 3.05) is 13.4 Å². The molecule has 0 radical (unpaired) electrons. The van der Waals surface area contributed by atoms with E-state index in [4.69, 9.17) is 0 Å². The molecule has 0 bridgehead atoms. The van der Waals surface area contributed by atoms with Crippen LogP contribution in [0.1, 0.15) is 5.56 Å². The van der Waals surface area contributed by atoms with Crippen LogP contribution in [0.25, 0.3) is 0 Å². The molecule has 0 aliphatic heterocycles. The van der Waals surface area contributed by atoms with E-state index >= 15 is 0 Å². The Balaban J connectivity index is 2.53. The Morgan fingerprint density at radius 3 is 2.80 bits per heavy atom. The van der Waals surface area contributed by atoms with Crippen LogP contribution in [0.3, 0.4) is 0 Å². The van der Waals surface area contributed by atoms with Crippen molar-refractivity contribution in [3.8, 4) is 0 Å². The molecule has 1 amide bonds. The standard InChI is InChI=1S/C8H10N4O2S/c1-14-8(13)12-11-5-6-3-9-7(15-2)10-4-6/h3-5H,1-2H3,(H,12,13). The summed E-state index contributed by atoms with van der Waals surface area (Å²) in [6, 6.07) is 0. The largest absolute Gasteiger partial charge is 0.452 e. The van der Waals surface area contributed by atoms with Gasteiger partial charge >= 0.3 is 6.09 Å². The molecule has 80 valence electrons. The first-order chi connectivity index (χ1) is 7.26. The van der Waals surface area contributed by atoms with Gasteiger partial charge < -0.3 is 4.74 Å². The fourth-order valence-corrected chi connectivity index (χ4v) is 1.02.